The number of hydrogen-bond donors (Lipinski definition) is 1. The molecule has 4 rings (SSSR count). The largest absolute Gasteiger partial charge is 0.478 e. The molecule has 0 amide bonds. The highest BCUT2D eigenvalue weighted by Gasteiger charge is 2.15. The third kappa shape index (κ3) is 3.22. The van der Waals surface area contributed by atoms with E-state index in [1.54, 1.807) is 18.2 Å². The Morgan fingerprint density at radius 1 is 0.963 bits per heavy atom. The minimum Gasteiger partial charge on any atom is -0.478 e. The average Bonchev–Trinajstić information content (AvgIpc) is 3.17. The first-order valence-electron chi connectivity index (χ1n) is 8.86. The van der Waals surface area contributed by atoms with Crippen molar-refractivity contribution in [2.24, 2.45) is 0 Å². The van der Waals surface area contributed by atoms with E-state index >= 15 is 0 Å². The number of fused-ring (bicyclic) bond motifs is 1. The minimum atomic E-state index is -0.981. The van der Waals surface area contributed by atoms with Gasteiger partial charge in [0.2, 0.25) is 0 Å². The van der Waals surface area contributed by atoms with E-state index in [0.29, 0.717) is 28.3 Å². The summed E-state index contributed by atoms with van der Waals surface area (Å²) in [6.07, 6.45) is 0. The second-order valence-corrected chi connectivity index (χ2v) is 6.82. The lowest BCUT2D eigenvalue weighted by Crippen LogP contribution is -1.99. The topological polar surface area (TPSA) is 63.3 Å². The molecule has 0 aliphatic heterocycles. The number of carbonyl (C=O) groups is 1. The predicted octanol–water partition coefficient (Wildman–Crippen LogP) is 5.98. The Morgan fingerprint density at radius 3 is 2.37 bits per heavy atom. The minimum absolute atomic E-state index is 0.217. The number of aromatic nitrogens is 1. The normalized spacial score (nSPS) is 11.2. The van der Waals surface area contributed by atoms with Gasteiger partial charge in [-0.25, -0.2) is 9.78 Å². The molecular formula is C23H19NO3. The van der Waals surface area contributed by atoms with E-state index in [-0.39, 0.29) is 5.56 Å². The Hall–Kier alpha value is -3.40. The molecule has 1 N–H and O–H groups in total. The van der Waals surface area contributed by atoms with Gasteiger partial charge in [-0.2, -0.15) is 0 Å². The van der Waals surface area contributed by atoms with E-state index in [2.05, 4.69) is 31.0 Å². The zero-order valence-electron chi connectivity index (χ0n) is 15.1. The van der Waals surface area contributed by atoms with Crippen LogP contribution in [0.5, 0.6) is 0 Å². The van der Waals surface area contributed by atoms with Crippen LogP contribution >= 0.6 is 0 Å². The van der Waals surface area contributed by atoms with Gasteiger partial charge in [-0.15, -0.1) is 0 Å². The van der Waals surface area contributed by atoms with Gasteiger partial charge in [0.25, 0.3) is 0 Å². The lowest BCUT2D eigenvalue weighted by molar-refractivity contribution is 0.0699. The molecule has 2 heterocycles. The lowest BCUT2D eigenvalue weighted by atomic mass is 10.0. The van der Waals surface area contributed by atoms with Crippen molar-refractivity contribution >= 4 is 16.9 Å². The summed E-state index contributed by atoms with van der Waals surface area (Å²) in [5.74, 6) is 0.770. The van der Waals surface area contributed by atoms with Crippen molar-refractivity contribution in [3.8, 4) is 22.8 Å². The van der Waals surface area contributed by atoms with Gasteiger partial charge in [0, 0.05) is 10.9 Å². The number of benzene rings is 2. The summed E-state index contributed by atoms with van der Waals surface area (Å²) in [6.45, 7) is 4.32. The Balaban J connectivity index is 1.76. The number of carboxylic acids is 1. The molecule has 0 saturated heterocycles. The molecule has 27 heavy (non-hydrogen) atoms. The molecule has 0 spiro atoms. The summed E-state index contributed by atoms with van der Waals surface area (Å²) in [6, 6.07) is 20.8. The van der Waals surface area contributed by atoms with Crippen LogP contribution in [0.3, 0.4) is 0 Å². The third-order valence-corrected chi connectivity index (χ3v) is 4.67. The average molecular weight is 357 g/mol. The molecule has 0 unspecified atom stereocenters. The SMILES string of the molecule is CC(C)c1ccc(-c2ccc(-c3cc(C(=O)O)c4ccccc4n3)o2)cc1. The Labute approximate surface area is 157 Å². The smallest absolute Gasteiger partial charge is 0.336 e. The third-order valence-electron chi connectivity index (χ3n) is 4.67. The number of aromatic carboxylic acids is 1. The fraction of sp³-hybridized carbons (Fsp3) is 0.130. The van der Waals surface area contributed by atoms with Gasteiger partial charge < -0.3 is 9.52 Å². The van der Waals surface area contributed by atoms with E-state index in [1.165, 1.54) is 5.56 Å². The molecule has 4 nitrogen and oxygen atoms in total. The standard InChI is InChI=1S/C23H19NO3/c1-14(2)15-7-9-16(10-8-15)21-11-12-22(27-21)20-13-18(23(25)26)17-5-3-4-6-19(17)24-20/h3-14H,1-2H3,(H,25,26). The van der Waals surface area contributed by atoms with Crippen LogP contribution in [0.4, 0.5) is 0 Å². The molecule has 4 heteroatoms. The number of hydrogen-bond acceptors (Lipinski definition) is 3. The second-order valence-electron chi connectivity index (χ2n) is 6.82. The number of para-hydroxylation sites is 1. The fourth-order valence-corrected chi connectivity index (χ4v) is 3.14. The van der Waals surface area contributed by atoms with Gasteiger partial charge in [-0.1, -0.05) is 56.3 Å². The number of rotatable bonds is 4. The fourth-order valence-electron chi connectivity index (χ4n) is 3.14. The van der Waals surface area contributed by atoms with Crippen LogP contribution in [0.2, 0.25) is 0 Å². The van der Waals surface area contributed by atoms with E-state index < -0.39 is 5.97 Å². The summed E-state index contributed by atoms with van der Waals surface area (Å²) in [5, 5.41) is 10.2. The zero-order chi connectivity index (χ0) is 19.0. The predicted molar refractivity (Wildman–Crippen MR) is 106 cm³/mol. The van der Waals surface area contributed by atoms with E-state index in [9.17, 15) is 9.90 Å². The van der Waals surface area contributed by atoms with Crippen molar-refractivity contribution in [1.82, 2.24) is 4.98 Å². The van der Waals surface area contributed by atoms with Crippen LogP contribution in [0, 0.1) is 0 Å². The first-order chi connectivity index (χ1) is 13.0. The molecular weight excluding hydrogens is 338 g/mol. The molecule has 0 radical (unpaired) electrons. The van der Waals surface area contributed by atoms with Crippen LogP contribution in [0.1, 0.15) is 35.7 Å². The summed E-state index contributed by atoms with van der Waals surface area (Å²) < 4.78 is 5.98. The van der Waals surface area contributed by atoms with E-state index in [0.717, 1.165) is 11.3 Å². The maximum atomic E-state index is 11.7. The van der Waals surface area contributed by atoms with Gasteiger partial charge in [-0.3, -0.25) is 0 Å². The molecule has 0 bridgehead atoms. The van der Waals surface area contributed by atoms with Crippen molar-refractivity contribution < 1.29 is 14.3 Å². The highest BCUT2D eigenvalue weighted by Crippen LogP contribution is 2.30. The Morgan fingerprint density at radius 2 is 1.67 bits per heavy atom. The zero-order valence-corrected chi connectivity index (χ0v) is 15.1. The van der Waals surface area contributed by atoms with Crippen LogP contribution in [-0.4, -0.2) is 16.1 Å². The van der Waals surface area contributed by atoms with Crippen LogP contribution in [0.25, 0.3) is 33.7 Å². The van der Waals surface area contributed by atoms with Crippen molar-refractivity contribution in [2.75, 3.05) is 0 Å². The van der Waals surface area contributed by atoms with Crippen molar-refractivity contribution in [2.45, 2.75) is 19.8 Å². The number of nitrogens with zero attached hydrogens (tertiary/aromatic N) is 1. The van der Waals surface area contributed by atoms with Crippen molar-refractivity contribution in [1.29, 1.82) is 0 Å². The highest BCUT2D eigenvalue weighted by molar-refractivity contribution is 6.03. The maximum Gasteiger partial charge on any atom is 0.336 e. The lowest BCUT2D eigenvalue weighted by Gasteiger charge is -2.06. The van der Waals surface area contributed by atoms with Gasteiger partial charge in [0.15, 0.2) is 5.76 Å². The Bertz CT molecular complexity index is 1120. The molecule has 0 fully saturated rings. The Kier molecular flexibility index (Phi) is 4.24. The first-order valence-corrected chi connectivity index (χ1v) is 8.86. The summed E-state index contributed by atoms with van der Waals surface area (Å²) in [5.41, 5.74) is 3.61. The summed E-state index contributed by atoms with van der Waals surface area (Å²) in [7, 11) is 0. The molecule has 2 aromatic heterocycles. The molecule has 134 valence electrons. The van der Waals surface area contributed by atoms with E-state index in [4.69, 9.17) is 4.42 Å². The van der Waals surface area contributed by atoms with Gasteiger partial charge in [0.1, 0.15) is 11.5 Å². The molecule has 0 aliphatic rings. The van der Waals surface area contributed by atoms with Crippen LogP contribution < -0.4 is 0 Å². The van der Waals surface area contributed by atoms with Gasteiger partial charge in [-0.05, 0) is 35.7 Å². The van der Waals surface area contributed by atoms with E-state index in [1.807, 2.05) is 36.4 Å². The van der Waals surface area contributed by atoms with Gasteiger partial charge >= 0.3 is 5.97 Å². The quantitative estimate of drug-likeness (QED) is 0.488. The molecule has 0 aliphatic carbocycles. The number of carboxylic acid groups (broad SMARTS) is 1. The van der Waals surface area contributed by atoms with Gasteiger partial charge in [0.05, 0.1) is 11.1 Å². The van der Waals surface area contributed by atoms with Crippen LogP contribution in [0.15, 0.2) is 71.1 Å². The van der Waals surface area contributed by atoms with Crippen molar-refractivity contribution in [3.05, 3.63) is 77.9 Å². The molecule has 0 saturated carbocycles. The highest BCUT2D eigenvalue weighted by atomic mass is 16.4. The van der Waals surface area contributed by atoms with Crippen molar-refractivity contribution in [3.63, 3.8) is 0 Å². The first kappa shape index (κ1) is 17.0. The second kappa shape index (κ2) is 6.72. The van der Waals surface area contributed by atoms with Crippen LogP contribution in [-0.2, 0) is 0 Å². The molecule has 4 aromatic rings. The summed E-state index contributed by atoms with van der Waals surface area (Å²) >= 11 is 0. The molecule has 2 aromatic carbocycles. The summed E-state index contributed by atoms with van der Waals surface area (Å²) in [4.78, 5) is 16.2. The number of furan rings is 1. The molecule has 0 atom stereocenters. The number of pyridine rings is 1. The monoisotopic (exact) mass is 357 g/mol. The maximum absolute atomic E-state index is 11.7.